The molecule has 0 radical (unpaired) electrons. The third-order valence-corrected chi connectivity index (χ3v) is 5.46. The Bertz CT molecular complexity index is 580. The van der Waals surface area contributed by atoms with Crippen LogP contribution in [0.25, 0.3) is 0 Å². The highest BCUT2D eigenvalue weighted by Crippen LogP contribution is 2.28. The Morgan fingerprint density at radius 3 is 2.31 bits per heavy atom. The summed E-state index contributed by atoms with van der Waals surface area (Å²) in [6.07, 6.45) is 2.94. The molecule has 0 saturated carbocycles. The van der Waals surface area contributed by atoms with Crippen LogP contribution >= 0.6 is 11.8 Å². The van der Waals surface area contributed by atoms with E-state index in [0.717, 1.165) is 17.7 Å². The van der Waals surface area contributed by atoms with Gasteiger partial charge in [-0.3, -0.25) is 4.79 Å². The van der Waals surface area contributed by atoms with Crippen molar-refractivity contribution in [1.82, 2.24) is 10.2 Å². The molecule has 26 heavy (non-hydrogen) atoms. The fourth-order valence-corrected chi connectivity index (χ4v) is 3.09. The van der Waals surface area contributed by atoms with Gasteiger partial charge in [0, 0.05) is 24.8 Å². The smallest absolute Gasteiger partial charge is 0.318 e. The number of nitrogens with one attached hydrogen (secondary N) is 1. The number of benzene rings is 1. The second-order valence-electron chi connectivity index (χ2n) is 7.29. The van der Waals surface area contributed by atoms with E-state index in [0.29, 0.717) is 19.0 Å². The van der Waals surface area contributed by atoms with E-state index < -0.39 is 11.4 Å². The summed E-state index contributed by atoms with van der Waals surface area (Å²) in [6.45, 7) is 9.21. The molecule has 2 unspecified atom stereocenters. The van der Waals surface area contributed by atoms with Crippen molar-refractivity contribution in [3.63, 3.8) is 0 Å². The molecule has 146 valence electrons. The molecule has 0 aliphatic rings. The largest absolute Gasteiger partial charge is 0.368 e. The van der Waals surface area contributed by atoms with Gasteiger partial charge < -0.3 is 16.0 Å². The number of hydrogen-bond acceptors (Lipinski definition) is 3. The highest BCUT2D eigenvalue weighted by atomic mass is 32.2. The molecular formula is C20H33N3O2S. The van der Waals surface area contributed by atoms with E-state index in [-0.39, 0.29) is 11.9 Å². The minimum absolute atomic E-state index is 0.233. The first-order valence-corrected chi connectivity index (χ1v) is 10.5. The first kappa shape index (κ1) is 22.4. The van der Waals surface area contributed by atoms with Crippen molar-refractivity contribution in [2.75, 3.05) is 25.1 Å². The molecule has 0 saturated heterocycles. The standard InChI is InChI=1S/C20H33N3O2S/c1-15(2)11-12-23(13-14-26-5)19(25)22-20(4,18(21)24)16(3)17-9-7-6-8-10-17/h6-10,15-16H,11-14H2,1-5H3,(H2,21,24)(H,22,25). The summed E-state index contributed by atoms with van der Waals surface area (Å²) in [5.41, 5.74) is 5.51. The predicted octanol–water partition coefficient (Wildman–Crippen LogP) is 3.45. The van der Waals surface area contributed by atoms with E-state index in [1.54, 1.807) is 23.6 Å². The third-order valence-electron chi connectivity index (χ3n) is 4.87. The Balaban J connectivity index is 2.97. The van der Waals surface area contributed by atoms with E-state index in [1.807, 2.05) is 43.5 Å². The van der Waals surface area contributed by atoms with Crippen LogP contribution in [0.5, 0.6) is 0 Å². The highest BCUT2D eigenvalue weighted by Gasteiger charge is 2.40. The maximum atomic E-state index is 12.9. The minimum Gasteiger partial charge on any atom is -0.368 e. The van der Waals surface area contributed by atoms with Crippen LogP contribution in [0.3, 0.4) is 0 Å². The Kier molecular flexibility index (Phi) is 8.99. The molecule has 2 atom stereocenters. The minimum atomic E-state index is -1.16. The fraction of sp³-hybridized carbons (Fsp3) is 0.600. The first-order valence-electron chi connectivity index (χ1n) is 9.13. The molecule has 0 aliphatic carbocycles. The third kappa shape index (κ3) is 6.24. The summed E-state index contributed by atoms with van der Waals surface area (Å²) in [5, 5.41) is 2.93. The quantitative estimate of drug-likeness (QED) is 0.654. The first-order chi connectivity index (χ1) is 12.2. The molecule has 1 aromatic carbocycles. The number of nitrogens with two attached hydrogens (primary N) is 1. The molecule has 3 amide bonds. The fourth-order valence-electron chi connectivity index (χ4n) is 2.69. The van der Waals surface area contributed by atoms with Gasteiger partial charge in [0.05, 0.1) is 0 Å². The number of thioether (sulfide) groups is 1. The van der Waals surface area contributed by atoms with Crippen molar-refractivity contribution in [2.24, 2.45) is 11.7 Å². The van der Waals surface area contributed by atoms with Gasteiger partial charge in [0.2, 0.25) is 5.91 Å². The molecule has 0 fully saturated rings. The van der Waals surface area contributed by atoms with Crippen molar-refractivity contribution >= 4 is 23.7 Å². The Morgan fingerprint density at radius 1 is 1.19 bits per heavy atom. The van der Waals surface area contributed by atoms with Gasteiger partial charge in [0.25, 0.3) is 0 Å². The number of amides is 3. The summed E-state index contributed by atoms with van der Waals surface area (Å²) in [5.74, 6) is 0.589. The molecule has 0 spiro atoms. The number of urea groups is 1. The lowest BCUT2D eigenvalue weighted by atomic mass is 9.81. The molecule has 5 nitrogen and oxygen atoms in total. The summed E-state index contributed by atoms with van der Waals surface area (Å²) in [7, 11) is 0. The summed E-state index contributed by atoms with van der Waals surface area (Å²) in [6, 6.07) is 9.42. The Hall–Kier alpha value is -1.69. The zero-order chi connectivity index (χ0) is 19.7. The van der Waals surface area contributed by atoms with E-state index in [9.17, 15) is 9.59 Å². The highest BCUT2D eigenvalue weighted by molar-refractivity contribution is 7.98. The summed E-state index contributed by atoms with van der Waals surface area (Å²) >= 11 is 1.70. The normalized spacial score (nSPS) is 14.5. The van der Waals surface area contributed by atoms with Crippen LogP contribution in [0.2, 0.25) is 0 Å². The van der Waals surface area contributed by atoms with Crippen LogP contribution in [0.4, 0.5) is 4.79 Å². The Labute approximate surface area is 162 Å². The van der Waals surface area contributed by atoms with Crippen LogP contribution < -0.4 is 11.1 Å². The molecule has 6 heteroatoms. The summed E-state index contributed by atoms with van der Waals surface area (Å²) < 4.78 is 0. The number of carbonyl (C=O) groups excluding carboxylic acids is 2. The number of hydrogen-bond donors (Lipinski definition) is 2. The van der Waals surface area contributed by atoms with E-state index in [4.69, 9.17) is 5.73 Å². The average Bonchev–Trinajstić information content (AvgIpc) is 2.61. The van der Waals surface area contributed by atoms with Gasteiger partial charge in [-0.25, -0.2) is 4.79 Å². The SMILES string of the molecule is CSCCN(CCC(C)C)C(=O)NC(C)(C(N)=O)C(C)c1ccccc1. The maximum Gasteiger partial charge on any atom is 0.318 e. The van der Waals surface area contributed by atoms with Crippen molar-refractivity contribution in [2.45, 2.75) is 45.6 Å². The lowest BCUT2D eigenvalue weighted by Gasteiger charge is -2.36. The van der Waals surface area contributed by atoms with Gasteiger partial charge >= 0.3 is 6.03 Å². The van der Waals surface area contributed by atoms with E-state index in [2.05, 4.69) is 19.2 Å². The van der Waals surface area contributed by atoms with Gasteiger partial charge in [0.15, 0.2) is 0 Å². The Morgan fingerprint density at radius 2 is 1.81 bits per heavy atom. The van der Waals surface area contributed by atoms with Crippen LogP contribution in [-0.4, -0.2) is 47.5 Å². The second kappa shape index (κ2) is 10.5. The van der Waals surface area contributed by atoms with Gasteiger partial charge in [-0.2, -0.15) is 11.8 Å². The van der Waals surface area contributed by atoms with Gasteiger partial charge in [0.1, 0.15) is 5.54 Å². The van der Waals surface area contributed by atoms with Crippen LogP contribution in [-0.2, 0) is 4.79 Å². The molecule has 0 heterocycles. The monoisotopic (exact) mass is 379 g/mol. The lowest BCUT2D eigenvalue weighted by Crippen LogP contribution is -2.61. The predicted molar refractivity (Wildman–Crippen MR) is 110 cm³/mol. The maximum absolute atomic E-state index is 12.9. The number of primary amides is 1. The molecule has 0 aromatic heterocycles. The van der Waals surface area contributed by atoms with E-state index >= 15 is 0 Å². The molecule has 1 rings (SSSR count). The van der Waals surface area contributed by atoms with Crippen molar-refractivity contribution in [3.05, 3.63) is 35.9 Å². The number of rotatable bonds is 10. The topological polar surface area (TPSA) is 75.4 Å². The molecule has 0 aliphatic heterocycles. The van der Waals surface area contributed by atoms with Gasteiger partial charge in [-0.05, 0) is 31.1 Å². The molecule has 3 N–H and O–H groups in total. The zero-order valence-corrected chi connectivity index (χ0v) is 17.4. The number of nitrogens with zero attached hydrogens (tertiary/aromatic N) is 1. The van der Waals surface area contributed by atoms with Crippen molar-refractivity contribution in [1.29, 1.82) is 0 Å². The average molecular weight is 380 g/mol. The van der Waals surface area contributed by atoms with Gasteiger partial charge in [-0.1, -0.05) is 51.1 Å². The zero-order valence-electron chi connectivity index (χ0n) is 16.6. The molecule has 0 bridgehead atoms. The molecular weight excluding hydrogens is 346 g/mol. The van der Waals surface area contributed by atoms with Crippen molar-refractivity contribution in [3.8, 4) is 0 Å². The molecule has 1 aromatic rings. The number of carbonyl (C=O) groups is 2. The van der Waals surface area contributed by atoms with Crippen molar-refractivity contribution < 1.29 is 9.59 Å². The van der Waals surface area contributed by atoms with Gasteiger partial charge in [-0.15, -0.1) is 0 Å². The lowest BCUT2D eigenvalue weighted by molar-refractivity contribution is -0.124. The summed E-state index contributed by atoms with van der Waals surface area (Å²) in [4.78, 5) is 27.0. The van der Waals surface area contributed by atoms with Crippen LogP contribution in [0.1, 0.15) is 45.6 Å². The van der Waals surface area contributed by atoms with Crippen LogP contribution in [0, 0.1) is 5.92 Å². The van der Waals surface area contributed by atoms with Crippen LogP contribution in [0.15, 0.2) is 30.3 Å². The van der Waals surface area contributed by atoms with E-state index in [1.165, 1.54) is 0 Å². The second-order valence-corrected chi connectivity index (χ2v) is 8.28.